The first kappa shape index (κ1) is 27.5. The molecule has 2 aromatic carbocycles. The predicted molar refractivity (Wildman–Crippen MR) is 152 cm³/mol. The zero-order valence-electron chi connectivity index (χ0n) is 23.8. The summed E-state index contributed by atoms with van der Waals surface area (Å²) in [6.45, 7) is 4.87. The van der Waals surface area contributed by atoms with E-state index in [1.54, 1.807) is 14.2 Å². The van der Waals surface area contributed by atoms with E-state index in [1.807, 2.05) is 6.07 Å². The highest BCUT2D eigenvalue weighted by atomic mass is 16.5. The van der Waals surface area contributed by atoms with Gasteiger partial charge in [0.05, 0.1) is 13.7 Å². The van der Waals surface area contributed by atoms with Gasteiger partial charge in [-0.2, -0.15) is 0 Å². The minimum Gasteiger partial charge on any atom is -0.493 e. The van der Waals surface area contributed by atoms with Gasteiger partial charge in [-0.1, -0.05) is 43.5 Å². The monoisotopic (exact) mass is 533 g/mol. The molecule has 3 amide bonds. The highest BCUT2D eigenvalue weighted by Gasteiger charge is 2.33. The normalized spacial score (nSPS) is 18.7. The Kier molecular flexibility index (Phi) is 8.75. The number of aryl methyl sites for hydroxylation is 2. The van der Waals surface area contributed by atoms with Gasteiger partial charge in [-0.3, -0.25) is 14.6 Å². The smallest absolute Gasteiger partial charge is 0.327 e. The van der Waals surface area contributed by atoms with E-state index in [9.17, 15) is 9.59 Å². The first-order valence-corrected chi connectivity index (χ1v) is 14.6. The van der Waals surface area contributed by atoms with E-state index in [-0.39, 0.29) is 31.6 Å². The van der Waals surface area contributed by atoms with Crippen LogP contribution in [-0.4, -0.2) is 67.0 Å². The summed E-state index contributed by atoms with van der Waals surface area (Å²) in [5.41, 5.74) is 5.66. The Morgan fingerprint density at radius 1 is 0.974 bits per heavy atom. The lowest BCUT2D eigenvalue weighted by molar-refractivity contribution is -0.125. The van der Waals surface area contributed by atoms with Crippen molar-refractivity contribution in [2.45, 2.75) is 70.9 Å². The zero-order valence-corrected chi connectivity index (χ0v) is 23.8. The summed E-state index contributed by atoms with van der Waals surface area (Å²) in [5, 5.41) is 0. The summed E-state index contributed by atoms with van der Waals surface area (Å²) in [6.07, 6.45) is 10.4. The molecule has 1 heterocycles. The van der Waals surface area contributed by atoms with Gasteiger partial charge in [-0.05, 0) is 79.3 Å². The lowest BCUT2D eigenvalue weighted by Crippen LogP contribution is -2.35. The van der Waals surface area contributed by atoms with Gasteiger partial charge in [0.2, 0.25) is 5.91 Å². The molecule has 1 atom stereocenters. The molecule has 2 aromatic rings. The topological polar surface area (TPSA) is 62.3 Å². The number of hydrogen-bond acceptors (Lipinski definition) is 5. The number of nitrogens with zero attached hydrogens (tertiary/aromatic N) is 3. The molecule has 0 spiro atoms. The summed E-state index contributed by atoms with van der Waals surface area (Å²) in [4.78, 5) is 29.5. The van der Waals surface area contributed by atoms with Crippen LogP contribution in [0.5, 0.6) is 11.5 Å². The fourth-order valence-electron chi connectivity index (χ4n) is 6.42. The van der Waals surface area contributed by atoms with Gasteiger partial charge in [0, 0.05) is 26.2 Å². The van der Waals surface area contributed by atoms with E-state index in [4.69, 9.17) is 9.47 Å². The minimum atomic E-state index is -0.276. The number of carbonyl (C=O) groups excluding carboxylic acids is 2. The molecule has 39 heavy (non-hydrogen) atoms. The maximum Gasteiger partial charge on any atom is 0.327 e. The molecular formula is C32H43N3O4. The number of rotatable bonds is 11. The molecule has 1 aliphatic heterocycles. The van der Waals surface area contributed by atoms with E-state index in [0.29, 0.717) is 17.5 Å². The second-order valence-electron chi connectivity index (χ2n) is 11.5. The molecular weight excluding hydrogens is 490 g/mol. The number of methoxy groups -OCH3 is 1. The van der Waals surface area contributed by atoms with E-state index < -0.39 is 0 Å². The highest BCUT2D eigenvalue weighted by Crippen LogP contribution is 2.34. The second-order valence-corrected chi connectivity index (χ2v) is 11.5. The molecule has 1 saturated carbocycles. The Balaban J connectivity index is 1.28. The van der Waals surface area contributed by atoms with Crippen LogP contribution in [0.1, 0.15) is 73.7 Å². The summed E-state index contributed by atoms with van der Waals surface area (Å²) in [7, 11) is 3.28. The average Bonchev–Trinajstić information content (AvgIpc) is 3.52. The molecule has 0 bridgehead atoms. The predicted octanol–water partition coefficient (Wildman–Crippen LogP) is 5.60. The summed E-state index contributed by atoms with van der Waals surface area (Å²) in [6, 6.07) is 13.3. The van der Waals surface area contributed by atoms with Gasteiger partial charge in [0.15, 0.2) is 11.5 Å². The van der Waals surface area contributed by atoms with Gasteiger partial charge in [0.1, 0.15) is 13.2 Å². The van der Waals surface area contributed by atoms with Crippen LogP contribution in [0, 0.1) is 5.92 Å². The molecule has 3 aliphatic rings. The Hall–Kier alpha value is -3.06. The standard InChI is InChI=1S/C32H43N3O4/c1-23(27-14-13-26-10-7-11-28(26)19-27)34(20-24-8-5-4-6-9-24)21-25-12-15-29(30(18-25)38-3)39-17-16-35-31(36)22-33(2)32(35)37/h12-15,18-19,23-24H,4-11,16-17,20-22H2,1-3H3. The van der Waals surface area contributed by atoms with E-state index >= 15 is 0 Å². The lowest BCUT2D eigenvalue weighted by Gasteiger charge is -2.34. The van der Waals surface area contributed by atoms with Crippen molar-refractivity contribution in [3.05, 3.63) is 58.7 Å². The quantitative estimate of drug-likeness (QED) is 0.352. The van der Waals surface area contributed by atoms with Crippen molar-refractivity contribution in [3.8, 4) is 11.5 Å². The van der Waals surface area contributed by atoms with Crippen LogP contribution in [0.25, 0.3) is 0 Å². The first-order valence-electron chi connectivity index (χ1n) is 14.6. The van der Waals surface area contributed by atoms with E-state index in [1.165, 1.54) is 83.4 Å². The van der Waals surface area contributed by atoms with Crippen molar-refractivity contribution < 1.29 is 19.1 Å². The maximum atomic E-state index is 12.1. The molecule has 210 valence electrons. The van der Waals surface area contributed by atoms with Crippen LogP contribution in [-0.2, 0) is 24.2 Å². The summed E-state index contributed by atoms with van der Waals surface area (Å²) >= 11 is 0. The SMILES string of the molecule is COc1cc(CN(CC2CCCCC2)C(C)c2ccc3c(c2)CCC3)ccc1OCCN1C(=O)CN(C)C1=O. The van der Waals surface area contributed by atoms with Crippen LogP contribution in [0.4, 0.5) is 4.79 Å². The number of benzene rings is 2. The summed E-state index contributed by atoms with van der Waals surface area (Å²) in [5.74, 6) is 1.85. The molecule has 1 saturated heterocycles. The number of imide groups is 1. The number of likely N-dealkylation sites (N-methyl/N-ethyl adjacent to an activating group) is 1. The third kappa shape index (κ3) is 6.40. The molecule has 7 nitrogen and oxygen atoms in total. The minimum absolute atomic E-state index is 0.123. The molecule has 0 N–H and O–H groups in total. The number of ether oxygens (including phenoxy) is 2. The lowest BCUT2D eigenvalue weighted by atomic mass is 9.88. The van der Waals surface area contributed by atoms with E-state index in [2.05, 4.69) is 42.2 Å². The summed E-state index contributed by atoms with van der Waals surface area (Å²) < 4.78 is 11.7. The van der Waals surface area contributed by atoms with Gasteiger partial charge in [0.25, 0.3) is 0 Å². The number of urea groups is 1. The van der Waals surface area contributed by atoms with Crippen molar-refractivity contribution in [1.29, 1.82) is 0 Å². The highest BCUT2D eigenvalue weighted by molar-refractivity contribution is 6.01. The molecule has 7 heteroatoms. The van der Waals surface area contributed by atoms with E-state index in [0.717, 1.165) is 19.0 Å². The molecule has 1 unspecified atom stereocenters. The van der Waals surface area contributed by atoms with Crippen LogP contribution in [0.15, 0.2) is 36.4 Å². The zero-order chi connectivity index (χ0) is 27.4. The van der Waals surface area contributed by atoms with Gasteiger partial charge >= 0.3 is 6.03 Å². The van der Waals surface area contributed by atoms with Gasteiger partial charge in [-0.15, -0.1) is 0 Å². The first-order chi connectivity index (χ1) is 18.9. The third-order valence-electron chi connectivity index (χ3n) is 8.79. The second kappa shape index (κ2) is 12.4. The Labute approximate surface area is 233 Å². The molecule has 5 rings (SSSR count). The van der Waals surface area contributed by atoms with Crippen molar-refractivity contribution >= 4 is 11.9 Å². The molecule has 0 aromatic heterocycles. The van der Waals surface area contributed by atoms with Gasteiger partial charge in [-0.25, -0.2) is 4.79 Å². The molecule has 0 radical (unpaired) electrons. The number of amides is 3. The number of carbonyl (C=O) groups is 2. The van der Waals surface area contributed by atoms with Crippen molar-refractivity contribution in [2.75, 3.05) is 40.4 Å². The van der Waals surface area contributed by atoms with Gasteiger partial charge < -0.3 is 14.4 Å². The third-order valence-corrected chi connectivity index (χ3v) is 8.79. The van der Waals surface area contributed by atoms with Crippen LogP contribution < -0.4 is 9.47 Å². The van der Waals surface area contributed by atoms with Crippen LogP contribution in [0.2, 0.25) is 0 Å². The Morgan fingerprint density at radius 2 is 1.77 bits per heavy atom. The number of hydrogen-bond donors (Lipinski definition) is 0. The number of fused-ring (bicyclic) bond motifs is 1. The van der Waals surface area contributed by atoms with Crippen molar-refractivity contribution in [2.24, 2.45) is 5.92 Å². The van der Waals surface area contributed by atoms with Crippen LogP contribution >= 0.6 is 0 Å². The molecule has 2 aliphatic carbocycles. The average molecular weight is 534 g/mol. The Morgan fingerprint density at radius 3 is 2.51 bits per heavy atom. The van der Waals surface area contributed by atoms with Crippen molar-refractivity contribution in [3.63, 3.8) is 0 Å². The van der Waals surface area contributed by atoms with Crippen molar-refractivity contribution in [1.82, 2.24) is 14.7 Å². The fraction of sp³-hybridized carbons (Fsp3) is 0.562. The largest absolute Gasteiger partial charge is 0.493 e. The maximum absolute atomic E-state index is 12.1. The van der Waals surface area contributed by atoms with Crippen LogP contribution in [0.3, 0.4) is 0 Å². The molecule has 2 fully saturated rings. The fourth-order valence-corrected chi connectivity index (χ4v) is 6.42. The Bertz CT molecular complexity index is 1180.